The molecule has 1 aliphatic rings. The number of pyridine rings is 1. The average Bonchev–Trinajstić information content (AvgIpc) is 2.71. The fourth-order valence-electron chi connectivity index (χ4n) is 3.86. The molecular formula is C23H24N4O. The number of benzene rings is 2. The molecule has 0 spiro atoms. The Labute approximate surface area is 165 Å². The van der Waals surface area contributed by atoms with Crippen molar-refractivity contribution in [3.8, 4) is 6.07 Å². The minimum Gasteiger partial charge on any atom is -0.382 e. The van der Waals surface area contributed by atoms with E-state index in [1.807, 2.05) is 24.3 Å². The molecule has 28 heavy (non-hydrogen) atoms. The normalized spacial score (nSPS) is 19.4. The number of nitriles is 1. The Balaban J connectivity index is 1.55. The van der Waals surface area contributed by atoms with Crippen LogP contribution in [0.5, 0.6) is 0 Å². The van der Waals surface area contributed by atoms with Crippen LogP contribution in [-0.4, -0.2) is 36.8 Å². The van der Waals surface area contributed by atoms with E-state index in [0.717, 1.165) is 41.9 Å². The summed E-state index contributed by atoms with van der Waals surface area (Å²) in [6.45, 7) is 6.55. The number of anilines is 2. The van der Waals surface area contributed by atoms with Crippen LogP contribution in [0.1, 0.15) is 18.1 Å². The molecule has 1 N–H and O–H groups in total. The molecular weight excluding hydrogens is 348 g/mol. The largest absolute Gasteiger partial charge is 0.382 e. The molecule has 4 rings (SSSR count). The van der Waals surface area contributed by atoms with E-state index in [2.05, 4.69) is 59.4 Å². The Morgan fingerprint density at radius 3 is 2.93 bits per heavy atom. The van der Waals surface area contributed by atoms with E-state index < -0.39 is 0 Å². The molecule has 1 fully saturated rings. The number of hydrogen-bond acceptors (Lipinski definition) is 5. The van der Waals surface area contributed by atoms with Gasteiger partial charge in [-0.05, 0) is 55.8 Å². The number of rotatable bonds is 4. The lowest BCUT2D eigenvalue weighted by molar-refractivity contribution is -0.00820. The minimum absolute atomic E-state index is 0.0756. The summed E-state index contributed by atoms with van der Waals surface area (Å²) in [5.41, 5.74) is 4.83. The van der Waals surface area contributed by atoms with Crippen molar-refractivity contribution in [2.24, 2.45) is 0 Å². The van der Waals surface area contributed by atoms with Crippen LogP contribution in [0.25, 0.3) is 10.9 Å². The predicted molar refractivity (Wildman–Crippen MR) is 113 cm³/mol. The van der Waals surface area contributed by atoms with E-state index in [-0.39, 0.29) is 12.2 Å². The van der Waals surface area contributed by atoms with Gasteiger partial charge in [-0.2, -0.15) is 5.26 Å². The van der Waals surface area contributed by atoms with Gasteiger partial charge in [-0.1, -0.05) is 12.1 Å². The molecule has 0 saturated carbocycles. The maximum Gasteiger partial charge on any atom is 0.101 e. The number of nitrogens with one attached hydrogen (secondary N) is 1. The number of nitrogens with zero attached hydrogens (tertiary/aromatic N) is 3. The van der Waals surface area contributed by atoms with Gasteiger partial charge in [0.05, 0.1) is 23.3 Å². The van der Waals surface area contributed by atoms with Gasteiger partial charge in [0.1, 0.15) is 6.07 Å². The second-order valence-electron chi connectivity index (χ2n) is 7.37. The van der Waals surface area contributed by atoms with E-state index in [0.29, 0.717) is 5.56 Å². The molecule has 142 valence electrons. The number of morpholine rings is 1. The molecule has 0 aliphatic carbocycles. The lowest BCUT2D eigenvalue weighted by Gasteiger charge is -2.39. The van der Waals surface area contributed by atoms with Gasteiger partial charge in [0.2, 0.25) is 0 Å². The SMILES string of the molecule is Cc1cccc(NC[C@@H]2CN(c3ccc(C#N)c4ncccc34)C[C@@H](C)O2)c1. The van der Waals surface area contributed by atoms with Gasteiger partial charge in [0.25, 0.3) is 0 Å². The fourth-order valence-corrected chi connectivity index (χ4v) is 3.86. The predicted octanol–water partition coefficient (Wildman–Crippen LogP) is 4.12. The smallest absolute Gasteiger partial charge is 0.101 e. The van der Waals surface area contributed by atoms with Crippen LogP contribution < -0.4 is 10.2 Å². The van der Waals surface area contributed by atoms with Crippen molar-refractivity contribution in [1.29, 1.82) is 5.26 Å². The van der Waals surface area contributed by atoms with Crippen molar-refractivity contribution >= 4 is 22.3 Å². The molecule has 0 unspecified atom stereocenters. The molecule has 0 radical (unpaired) electrons. The van der Waals surface area contributed by atoms with Gasteiger partial charge in [-0.15, -0.1) is 0 Å². The molecule has 2 heterocycles. The third kappa shape index (κ3) is 3.78. The van der Waals surface area contributed by atoms with E-state index >= 15 is 0 Å². The molecule has 2 atom stereocenters. The minimum atomic E-state index is 0.0756. The van der Waals surface area contributed by atoms with Crippen LogP contribution in [0, 0.1) is 18.3 Å². The van der Waals surface area contributed by atoms with Crippen LogP contribution in [0.2, 0.25) is 0 Å². The first-order valence-electron chi connectivity index (χ1n) is 9.63. The summed E-state index contributed by atoms with van der Waals surface area (Å²) < 4.78 is 6.17. The Morgan fingerprint density at radius 2 is 2.11 bits per heavy atom. The van der Waals surface area contributed by atoms with Crippen molar-refractivity contribution in [2.75, 3.05) is 29.9 Å². The first-order chi connectivity index (χ1) is 13.6. The van der Waals surface area contributed by atoms with Crippen molar-refractivity contribution < 1.29 is 4.74 Å². The van der Waals surface area contributed by atoms with Crippen molar-refractivity contribution in [3.63, 3.8) is 0 Å². The van der Waals surface area contributed by atoms with Crippen LogP contribution in [0.15, 0.2) is 54.7 Å². The lowest BCUT2D eigenvalue weighted by Crippen LogP contribution is -2.49. The molecule has 0 amide bonds. The highest BCUT2D eigenvalue weighted by Crippen LogP contribution is 2.30. The summed E-state index contributed by atoms with van der Waals surface area (Å²) in [7, 11) is 0. The Morgan fingerprint density at radius 1 is 1.21 bits per heavy atom. The highest BCUT2D eigenvalue weighted by atomic mass is 16.5. The fraction of sp³-hybridized carbons (Fsp3) is 0.304. The van der Waals surface area contributed by atoms with Crippen LogP contribution in [0.3, 0.4) is 0 Å². The second-order valence-corrected chi connectivity index (χ2v) is 7.37. The van der Waals surface area contributed by atoms with Crippen LogP contribution in [0.4, 0.5) is 11.4 Å². The maximum atomic E-state index is 9.39. The highest BCUT2D eigenvalue weighted by Gasteiger charge is 2.26. The molecule has 0 bridgehead atoms. The summed E-state index contributed by atoms with van der Waals surface area (Å²) in [6.07, 6.45) is 1.94. The number of hydrogen-bond donors (Lipinski definition) is 1. The van der Waals surface area contributed by atoms with Gasteiger partial charge in [-0.25, -0.2) is 0 Å². The van der Waals surface area contributed by atoms with Gasteiger partial charge >= 0.3 is 0 Å². The number of aryl methyl sites for hydroxylation is 1. The zero-order valence-electron chi connectivity index (χ0n) is 16.2. The maximum absolute atomic E-state index is 9.39. The molecule has 1 aromatic heterocycles. The molecule has 2 aromatic carbocycles. The molecule has 3 aromatic rings. The highest BCUT2D eigenvalue weighted by molar-refractivity contribution is 5.95. The summed E-state index contributed by atoms with van der Waals surface area (Å²) in [5.74, 6) is 0. The summed E-state index contributed by atoms with van der Waals surface area (Å²) in [6, 6.07) is 18.5. The monoisotopic (exact) mass is 372 g/mol. The van der Waals surface area contributed by atoms with E-state index in [9.17, 15) is 5.26 Å². The van der Waals surface area contributed by atoms with E-state index in [4.69, 9.17) is 4.74 Å². The molecule has 5 nitrogen and oxygen atoms in total. The standard InChI is InChI=1S/C23H24N4O/c1-16-5-3-6-19(11-16)26-13-20-15-27(14-17(2)28-20)22-9-8-18(12-24)23-21(22)7-4-10-25-23/h3-11,17,20,26H,13-15H2,1-2H3/t17-,20-/m1/s1. The number of aromatic nitrogens is 1. The van der Waals surface area contributed by atoms with Crippen LogP contribution in [-0.2, 0) is 4.74 Å². The molecule has 1 aliphatic heterocycles. The Hall–Kier alpha value is -3.10. The van der Waals surface area contributed by atoms with Crippen molar-refractivity contribution in [1.82, 2.24) is 4.98 Å². The van der Waals surface area contributed by atoms with Crippen LogP contribution >= 0.6 is 0 Å². The summed E-state index contributed by atoms with van der Waals surface area (Å²) >= 11 is 0. The first-order valence-corrected chi connectivity index (χ1v) is 9.63. The first kappa shape index (κ1) is 18.3. The molecule has 1 saturated heterocycles. The van der Waals surface area contributed by atoms with E-state index in [1.54, 1.807) is 6.20 Å². The van der Waals surface area contributed by atoms with Gasteiger partial charge in [0, 0.05) is 42.6 Å². The lowest BCUT2D eigenvalue weighted by atomic mass is 10.1. The second kappa shape index (κ2) is 7.87. The quantitative estimate of drug-likeness (QED) is 0.746. The van der Waals surface area contributed by atoms with Crippen molar-refractivity contribution in [2.45, 2.75) is 26.1 Å². The van der Waals surface area contributed by atoms with E-state index in [1.165, 1.54) is 5.56 Å². The van der Waals surface area contributed by atoms with Crippen molar-refractivity contribution in [3.05, 3.63) is 65.9 Å². The number of fused-ring (bicyclic) bond motifs is 1. The third-order valence-electron chi connectivity index (χ3n) is 5.09. The third-order valence-corrected chi connectivity index (χ3v) is 5.09. The molecule has 5 heteroatoms. The Kier molecular flexibility index (Phi) is 5.14. The zero-order chi connectivity index (χ0) is 19.5. The average molecular weight is 372 g/mol. The zero-order valence-corrected chi connectivity index (χ0v) is 16.2. The Bertz CT molecular complexity index is 1030. The summed E-state index contributed by atoms with van der Waals surface area (Å²) in [5, 5.41) is 13.9. The summed E-state index contributed by atoms with van der Waals surface area (Å²) in [4.78, 5) is 6.79. The van der Waals surface area contributed by atoms with Gasteiger partial charge in [0.15, 0.2) is 0 Å². The van der Waals surface area contributed by atoms with Gasteiger partial charge in [-0.3, -0.25) is 4.98 Å². The number of ether oxygens (including phenoxy) is 1. The topological polar surface area (TPSA) is 61.2 Å². The van der Waals surface area contributed by atoms with Gasteiger partial charge < -0.3 is 15.0 Å².